The summed E-state index contributed by atoms with van der Waals surface area (Å²) in [4.78, 5) is 25.3. The van der Waals surface area contributed by atoms with Crippen molar-refractivity contribution in [1.29, 1.82) is 0 Å². The predicted molar refractivity (Wildman–Crippen MR) is 67.5 cm³/mol. The van der Waals surface area contributed by atoms with E-state index in [2.05, 4.69) is 4.98 Å². The van der Waals surface area contributed by atoms with Gasteiger partial charge in [0.2, 0.25) is 10.0 Å². The van der Waals surface area contributed by atoms with Gasteiger partial charge < -0.3 is 10.1 Å². The summed E-state index contributed by atoms with van der Waals surface area (Å²) < 4.78 is 22.9. The zero-order valence-electron chi connectivity index (χ0n) is 9.66. The number of aromatic nitrogens is 2. The highest BCUT2D eigenvalue weighted by atomic mass is 32.2. The molecule has 9 heteroatoms. The molecule has 0 aliphatic carbocycles. The maximum Gasteiger partial charge on any atom is 0.337 e. The number of carboxylic acids is 1. The number of aromatic carboxylic acids is 1. The third-order valence-corrected chi connectivity index (χ3v) is 3.37. The highest BCUT2D eigenvalue weighted by Crippen LogP contribution is 2.16. The van der Waals surface area contributed by atoms with Gasteiger partial charge in [-0.25, -0.2) is 23.1 Å². The van der Waals surface area contributed by atoms with Gasteiger partial charge in [0.15, 0.2) is 0 Å². The Morgan fingerprint density at radius 3 is 2.68 bits per heavy atom. The smallest absolute Gasteiger partial charge is 0.337 e. The van der Waals surface area contributed by atoms with Crippen LogP contribution < -0.4 is 10.8 Å². The molecule has 0 atom stereocenters. The lowest BCUT2D eigenvalue weighted by Crippen LogP contribution is -2.25. The molecule has 0 saturated heterocycles. The molecule has 1 heterocycles. The van der Waals surface area contributed by atoms with Gasteiger partial charge in [0.05, 0.1) is 22.3 Å². The monoisotopic (exact) mass is 285 g/mol. The molecular weight excluding hydrogens is 274 g/mol. The number of hydrogen-bond acceptors (Lipinski definition) is 4. The molecule has 4 N–H and O–H groups in total. The summed E-state index contributed by atoms with van der Waals surface area (Å²) in [7, 11) is -3.74. The van der Waals surface area contributed by atoms with Crippen molar-refractivity contribution < 1.29 is 18.3 Å². The van der Waals surface area contributed by atoms with Crippen LogP contribution in [-0.4, -0.2) is 34.8 Å². The largest absolute Gasteiger partial charge is 0.478 e. The maximum atomic E-state index is 11.7. The SMILES string of the molecule is NS(=O)(=O)CCn1c(=O)[nH]c2cccc(C(=O)O)c21. The van der Waals surface area contributed by atoms with Gasteiger partial charge in [-0.2, -0.15) is 0 Å². The number of nitrogens with one attached hydrogen (secondary N) is 1. The molecule has 0 spiro atoms. The molecule has 0 fully saturated rings. The second-order valence-electron chi connectivity index (χ2n) is 3.96. The fraction of sp³-hybridized carbons (Fsp3) is 0.200. The number of benzene rings is 1. The Bertz CT molecular complexity index is 802. The standard InChI is InChI=1S/C10H11N3O5S/c11-19(17,18)5-4-13-8-6(9(14)15)2-1-3-7(8)12-10(13)16/h1-3H,4-5H2,(H,12,16)(H,14,15)(H2,11,17,18). The summed E-state index contributed by atoms with van der Waals surface area (Å²) in [5.74, 6) is -1.65. The maximum absolute atomic E-state index is 11.7. The van der Waals surface area contributed by atoms with Crippen LogP contribution in [0, 0.1) is 0 Å². The van der Waals surface area contributed by atoms with E-state index in [4.69, 9.17) is 10.2 Å². The second-order valence-corrected chi connectivity index (χ2v) is 5.69. The van der Waals surface area contributed by atoms with Crippen molar-refractivity contribution in [2.24, 2.45) is 5.14 Å². The fourth-order valence-corrected chi connectivity index (χ4v) is 2.26. The molecule has 8 nitrogen and oxygen atoms in total. The Hall–Kier alpha value is -2.13. The van der Waals surface area contributed by atoms with Crippen LogP contribution in [0.25, 0.3) is 11.0 Å². The van der Waals surface area contributed by atoms with E-state index in [0.717, 1.165) is 4.57 Å². The average Bonchev–Trinajstić information content (AvgIpc) is 2.60. The minimum Gasteiger partial charge on any atom is -0.478 e. The van der Waals surface area contributed by atoms with Gasteiger partial charge in [-0.05, 0) is 12.1 Å². The van der Waals surface area contributed by atoms with Crippen LogP contribution in [-0.2, 0) is 16.6 Å². The lowest BCUT2D eigenvalue weighted by atomic mass is 10.2. The number of carboxylic acid groups (broad SMARTS) is 1. The summed E-state index contributed by atoms with van der Waals surface area (Å²) in [6, 6.07) is 4.37. The third kappa shape index (κ3) is 2.66. The molecule has 19 heavy (non-hydrogen) atoms. The summed E-state index contributed by atoms with van der Waals surface area (Å²) in [6.45, 7) is -0.206. The Kier molecular flexibility index (Phi) is 3.16. The van der Waals surface area contributed by atoms with Crippen molar-refractivity contribution in [3.63, 3.8) is 0 Å². The van der Waals surface area contributed by atoms with Crippen LogP contribution in [0.1, 0.15) is 10.4 Å². The number of carbonyl (C=O) groups is 1. The molecule has 2 rings (SSSR count). The first-order valence-corrected chi connectivity index (χ1v) is 6.96. The molecule has 0 bridgehead atoms. The number of aryl methyl sites for hydroxylation is 1. The molecule has 0 aliphatic heterocycles. The topological polar surface area (TPSA) is 135 Å². The first-order valence-electron chi connectivity index (χ1n) is 5.25. The number of primary sulfonamides is 1. The van der Waals surface area contributed by atoms with Crippen molar-refractivity contribution in [3.8, 4) is 0 Å². The molecule has 102 valence electrons. The van der Waals surface area contributed by atoms with Crippen LogP contribution in [0.4, 0.5) is 0 Å². The molecular formula is C10H11N3O5S. The lowest BCUT2D eigenvalue weighted by Gasteiger charge is -2.04. The quantitative estimate of drug-likeness (QED) is 0.683. The van der Waals surface area contributed by atoms with E-state index in [-0.39, 0.29) is 17.6 Å². The van der Waals surface area contributed by atoms with Crippen LogP contribution >= 0.6 is 0 Å². The van der Waals surface area contributed by atoms with E-state index in [1.807, 2.05) is 0 Å². The number of nitrogens with two attached hydrogens (primary N) is 1. The first-order chi connectivity index (χ1) is 8.79. The average molecular weight is 285 g/mol. The number of nitrogens with zero attached hydrogens (tertiary/aromatic N) is 1. The normalized spacial score (nSPS) is 11.8. The van der Waals surface area contributed by atoms with Crippen LogP contribution in [0.2, 0.25) is 0 Å². The number of hydrogen-bond donors (Lipinski definition) is 3. The Morgan fingerprint density at radius 2 is 2.11 bits per heavy atom. The summed E-state index contributed by atoms with van der Waals surface area (Å²) in [5, 5.41) is 13.9. The zero-order valence-corrected chi connectivity index (χ0v) is 10.5. The molecule has 1 aromatic carbocycles. The molecule has 0 saturated carbocycles. The Balaban J connectivity index is 2.63. The molecule has 0 amide bonds. The number of aromatic amines is 1. The van der Waals surface area contributed by atoms with Gasteiger partial charge in [-0.1, -0.05) is 6.07 Å². The number of sulfonamides is 1. The summed E-state index contributed by atoms with van der Waals surface area (Å²) >= 11 is 0. The predicted octanol–water partition coefficient (Wildman–Crippen LogP) is -0.684. The van der Waals surface area contributed by atoms with Gasteiger partial charge in [-0.3, -0.25) is 4.57 Å². The van der Waals surface area contributed by atoms with Crippen LogP contribution in [0.15, 0.2) is 23.0 Å². The van der Waals surface area contributed by atoms with Gasteiger partial charge in [0.1, 0.15) is 0 Å². The number of H-pyrrole nitrogens is 1. The fourth-order valence-electron chi connectivity index (χ4n) is 1.82. The van der Waals surface area contributed by atoms with E-state index in [1.165, 1.54) is 18.2 Å². The van der Waals surface area contributed by atoms with Gasteiger partial charge >= 0.3 is 11.7 Å². The van der Waals surface area contributed by atoms with Crippen molar-refractivity contribution >= 4 is 27.0 Å². The highest BCUT2D eigenvalue weighted by molar-refractivity contribution is 7.89. The van der Waals surface area contributed by atoms with Gasteiger partial charge in [0.25, 0.3) is 0 Å². The molecule has 0 radical (unpaired) electrons. The van der Waals surface area contributed by atoms with Crippen LogP contribution in [0.5, 0.6) is 0 Å². The third-order valence-electron chi connectivity index (χ3n) is 2.62. The van der Waals surface area contributed by atoms with Crippen molar-refractivity contribution in [1.82, 2.24) is 9.55 Å². The molecule has 2 aromatic rings. The molecule has 1 aromatic heterocycles. The zero-order chi connectivity index (χ0) is 14.2. The second kappa shape index (κ2) is 4.52. The van der Waals surface area contributed by atoms with Crippen molar-refractivity contribution in [2.45, 2.75) is 6.54 Å². The van der Waals surface area contributed by atoms with Gasteiger partial charge in [-0.15, -0.1) is 0 Å². The van der Waals surface area contributed by atoms with E-state index < -0.39 is 27.4 Å². The summed E-state index contributed by atoms with van der Waals surface area (Å²) in [6.07, 6.45) is 0. The highest BCUT2D eigenvalue weighted by Gasteiger charge is 2.16. The number of para-hydroxylation sites is 1. The number of rotatable bonds is 4. The Morgan fingerprint density at radius 1 is 1.42 bits per heavy atom. The minimum absolute atomic E-state index is 0.0785. The number of imidazole rings is 1. The van der Waals surface area contributed by atoms with Crippen molar-refractivity contribution in [2.75, 3.05) is 5.75 Å². The van der Waals surface area contributed by atoms with Crippen molar-refractivity contribution in [3.05, 3.63) is 34.2 Å². The van der Waals surface area contributed by atoms with E-state index in [1.54, 1.807) is 0 Å². The van der Waals surface area contributed by atoms with Crippen LogP contribution in [0.3, 0.4) is 0 Å². The molecule has 0 aliphatic rings. The van der Waals surface area contributed by atoms with E-state index >= 15 is 0 Å². The molecule has 0 unspecified atom stereocenters. The first kappa shape index (κ1) is 13.3. The number of fused-ring (bicyclic) bond motifs is 1. The van der Waals surface area contributed by atoms with Gasteiger partial charge in [0, 0.05) is 6.54 Å². The van der Waals surface area contributed by atoms with E-state index in [0.29, 0.717) is 5.52 Å². The Labute approximate surface area is 107 Å². The van der Waals surface area contributed by atoms with E-state index in [9.17, 15) is 18.0 Å². The summed E-state index contributed by atoms with van der Waals surface area (Å²) in [5.41, 5.74) is -0.166. The minimum atomic E-state index is -3.74. The lowest BCUT2D eigenvalue weighted by molar-refractivity contribution is 0.0698.